The van der Waals surface area contributed by atoms with E-state index in [0.717, 1.165) is 0 Å². The number of carbonyl (C=O) groups is 2. The van der Waals surface area contributed by atoms with Crippen molar-refractivity contribution in [1.82, 2.24) is 5.32 Å². The number of hydrogen-bond acceptors (Lipinski definition) is 3. The van der Waals surface area contributed by atoms with Crippen LogP contribution in [-0.4, -0.2) is 30.8 Å². The van der Waals surface area contributed by atoms with Gasteiger partial charge in [0.05, 0.1) is 18.7 Å². The maximum atomic E-state index is 13.5. The fourth-order valence-electron chi connectivity index (χ4n) is 1.77. The van der Waals surface area contributed by atoms with Gasteiger partial charge in [0.15, 0.2) is 0 Å². The Kier molecular flexibility index (Phi) is 6.45. The van der Waals surface area contributed by atoms with E-state index in [4.69, 9.17) is 9.84 Å². The molecule has 3 N–H and O–H groups in total. The molecule has 1 rings (SSSR count). The number of methoxy groups -OCH3 is 1. The number of hydrogen-bond donors (Lipinski definition) is 3. The van der Waals surface area contributed by atoms with E-state index in [-0.39, 0.29) is 12.2 Å². The molecule has 1 atom stereocenters. The third kappa shape index (κ3) is 5.29. The number of aliphatic carboxylic acids is 1. The minimum absolute atomic E-state index is 0.0133. The smallest absolute Gasteiger partial charge is 0.319 e. The number of nitrogens with one attached hydrogen (secondary N) is 2. The second-order valence-corrected chi connectivity index (χ2v) is 4.50. The van der Waals surface area contributed by atoms with Gasteiger partial charge in [-0.3, -0.25) is 4.79 Å². The Morgan fingerprint density at radius 2 is 2.14 bits per heavy atom. The number of benzene rings is 1. The normalized spacial score (nSPS) is 11.6. The zero-order valence-electron chi connectivity index (χ0n) is 12.0. The molecule has 1 aromatic carbocycles. The highest BCUT2D eigenvalue weighted by Gasteiger charge is 2.17. The summed E-state index contributed by atoms with van der Waals surface area (Å²) in [6.07, 6.45) is 1.16. The molecule has 21 heavy (non-hydrogen) atoms. The van der Waals surface area contributed by atoms with Crippen molar-refractivity contribution < 1.29 is 23.8 Å². The van der Waals surface area contributed by atoms with Gasteiger partial charge in [0.1, 0.15) is 11.6 Å². The minimum atomic E-state index is -0.968. The molecule has 1 aromatic rings. The standard InChI is InChI=1S/C14H19FN2O4/c1-3-4-9(13(18)19)8-16-14(20)17-12-7-10(21-2)5-6-11(12)15/h5-7,9H,3-4,8H2,1-2H3,(H,18,19)(H2,16,17,20). The van der Waals surface area contributed by atoms with Crippen molar-refractivity contribution in [2.75, 3.05) is 19.0 Å². The van der Waals surface area contributed by atoms with Crippen LogP contribution in [0.2, 0.25) is 0 Å². The highest BCUT2D eigenvalue weighted by Crippen LogP contribution is 2.20. The maximum Gasteiger partial charge on any atom is 0.319 e. The minimum Gasteiger partial charge on any atom is -0.497 e. The number of halogens is 1. The summed E-state index contributed by atoms with van der Waals surface area (Å²) in [7, 11) is 1.43. The molecule has 0 aliphatic rings. The quantitative estimate of drug-likeness (QED) is 0.721. The number of urea groups is 1. The molecule has 0 radical (unpaired) electrons. The van der Waals surface area contributed by atoms with Gasteiger partial charge in [-0.15, -0.1) is 0 Å². The van der Waals surface area contributed by atoms with E-state index < -0.39 is 23.7 Å². The molecule has 116 valence electrons. The predicted octanol–water partition coefficient (Wildman–Crippen LogP) is 2.46. The van der Waals surface area contributed by atoms with Crippen LogP contribution in [0.4, 0.5) is 14.9 Å². The summed E-state index contributed by atoms with van der Waals surface area (Å²) in [5.74, 6) is -1.82. The molecule has 0 saturated heterocycles. The molecule has 6 nitrogen and oxygen atoms in total. The second kappa shape index (κ2) is 8.08. The average molecular weight is 298 g/mol. The third-order valence-corrected chi connectivity index (χ3v) is 2.92. The van der Waals surface area contributed by atoms with Crippen molar-refractivity contribution in [3.8, 4) is 5.75 Å². The van der Waals surface area contributed by atoms with Crippen LogP contribution in [-0.2, 0) is 4.79 Å². The molecule has 1 unspecified atom stereocenters. The first-order valence-electron chi connectivity index (χ1n) is 6.59. The van der Waals surface area contributed by atoms with Gasteiger partial charge >= 0.3 is 12.0 Å². The number of ether oxygens (including phenoxy) is 1. The summed E-state index contributed by atoms with van der Waals surface area (Å²) in [5.41, 5.74) is -0.0331. The first kappa shape index (κ1) is 16.7. The topological polar surface area (TPSA) is 87.7 Å². The highest BCUT2D eigenvalue weighted by molar-refractivity contribution is 5.89. The molecule has 2 amide bonds. The molecule has 0 aliphatic carbocycles. The molecule has 0 aliphatic heterocycles. The van der Waals surface area contributed by atoms with Crippen LogP contribution < -0.4 is 15.4 Å². The summed E-state index contributed by atoms with van der Waals surface area (Å²) in [6.45, 7) is 1.85. The Bertz CT molecular complexity index is 508. The first-order chi connectivity index (χ1) is 9.97. The van der Waals surface area contributed by atoms with Crippen LogP contribution in [0.15, 0.2) is 18.2 Å². The number of carboxylic acid groups (broad SMARTS) is 1. The maximum absolute atomic E-state index is 13.5. The molecule has 0 saturated carbocycles. The van der Waals surface area contributed by atoms with Gasteiger partial charge in [-0.05, 0) is 18.6 Å². The van der Waals surface area contributed by atoms with Gasteiger partial charge in [-0.1, -0.05) is 13.3 Å². The van der Waals surface area contributed by atoms with Crippen molar-refractivity contribution >= 4 is 17.7 Å². The van der Waals surface area contributed by atoms with Gasteiger partial charge < -0.3 is 20.5 Å². The zero-order chi connectivity index (χ0) is 15.8. The SMILES string of the molecule is CCCC(CNC(=O)Nc1cc(OC)ccc1F)C(=O)O. The highest BCUT2D eigenvalue weighted by atomic mass is 19.1. The molecule has 0 bridgehead atoms. The molecule has 7 heteroatoms. The summed E-state index contributed by atoms with van der Waals surface area (Å²) >= 11 is 0. The Hall–Kier alpha value is -2.31. The van der Waals surface area contributed by atoms with Crippen LogP contribution in [0.25, 0.3) is 0 Å². The lowest BCUT2D eigenvalue weighted by Gasteiger charge is -2.13. The largest absolute Gasteiger partial charge is 0.497 e. The van der Waals surface area contributed by atoms with Crippen molar-refractivity contribution in [2.45, 2.75) is 19.8 Å². The van der Waals surface area contributed by atoms with Crippen molar-refractivity contribution in [2.24, 2.45) is 5.92 Å². The summed E-state index contributed by atoms with van der Waals surface area (Å²) in [6, 6.07) is 3.28. The molecule has 0 spiro atoms. The molecule has 0 aromatic heterocycles. The molecule has 0 heterocycles. The first-order valence-corrected chi connectivity index (χ1v) is 6.59. The molecular formula is C14H19FN2O4. The lowest BCUT2D eigenvalue weighted by atomic mass is 10.0. The van der Waals surface area contributed by atoms with Gasteiger partial charge in [-0.25, -0.2) is 9.18 Å². The Balaban J connectivity index is 2.59. The van der Waals surface area contributed by atoms with E-state index in [9.17, 15) is 14.0 Å². The van der Waals surface area contributed by atoms with Crippen molar-refractivity contribution in [3.63, 3.8) is 0 Å². The van der Waals surface area contributed by atoms with Crippen molar-refractivity contribution in [1.29, 1.82) is 0 Å². The zero-order valence-corrected chi connectivity index (χ0v) is 12.0. The summed E-state index contributed by atoms with van der Waals surface area (Å²) in [5, 5.41) is 13.7. The predicted molar refractivity (Wildman–Crippen MR) is 76.0 cm³/mol. The Morgan fingerprint density at radius 3 is 2.71 bits per heavy atom. The van der Waals surface area contributed by atoms with Gasteiger partial charge in [0.25, 0.3) is 0 Å². The van der Waals surface area contributed by atoms with E-state index >= 15 is 0 Å². The van der Waals surface area contributed by atoms with Crippen LogP contribution >= 0.6 is 0 Å². The number of carbonyl (C=O) groups excluding carboxylic acids is 1. The van der Waals surface area contributed by atoms with Gasteiger partial charge in [0, 0.05) is 12.6 Å². The number of rotatable bonds is 7. The van der Waals surface area contributed by atoms with E-state index in [0.29, 0.717) is 18.6 Å². The van der Waals surface area contributed by atoms with Crippen LogP contribution in [0.3, 0.4) is 0 Å². The number of anilines is 1. The lowest BCUT2D eigenvalue weighted by Crippen LogP contribution is -2.35. The lowest BCUT2D eigenvalue weighted by molar-refractivity contribution is -0.141. The molecule has 0 fully saturated rings. The fourth-order valence-corrected chi connectivity index (χ4v) is 1.77. The van der Waals surface area contributed by atoms with E-state index in [2.05, 4.69) is 10.6 Å². The van der Waals surface area contributed by atoms with Gasteiger partial charge in [-0.2, -0.15) is 0 Å². The molecular weight excluding hydrogens is 279 g/mol. The van der Waals surface area contributed by atoms with Crippen LogP contribution in [0.1, 0.15) is 19.8 Å². The van der Waals surface area contributed by atoms with Crippen molar-refractivity contribution in [3.05, 3.63) is 24.0 Å². The van der Waals surface area contributed by atoms with Crippen LogP contribution in [0, 0.1) is 11.7 Å². The fraction of sp³-hybridized carbons (Fsp3) is 0.429. The monoisotopic (exact) mass is 298 g/mol. The Labute approximate surface area is 122 Å². The average Bonchev–Trinajstić information content (AvgIpc) is 2.45. The Morgan fingerprint density at radius 1 is 1.43 bits per heavy atom. The van der Waals surface area contributed by atoms with Crippen LogP contribution in [0.5, 0.6) is 5.75 Å². The summed E-state index contributed by atoms with van der Waals surface area (Å²) < 4.78 is 18.5. The van der Waals surface area contributed by atoms with E-state index in [1.165, 1.54) is 25.3 Å². The third-order valence-electron chi connectivity index (χ3n) is 2.92. The van der Waals surface area contributed by atoms with Gasteiger partial charge in [0.2, 0.25) is 0 Å². The summed E-state index contributed by atoms with van der Waals surface area (Å²) in [4.78, 5) is 22.6. The van der Waals surface area contributed by atoms with E-state index in [1.807, 2.05) is 6.92 Å². The van der Waals surface area contributed by atoms with E-state index in [1.54, 1.807) is 0 Å². The second-order valence-electron chi connectivity index (χ2n) is 4.50. The number of amides is 2. The number of carboxylic acids is 1.